The Labute approximate surface area is 88.7 Å². The molecule has 0 fully saturated rings. The third-order valence-electron chi connectivity index (χ3n) is 1.83. The summed E-state index contributed by atoms with van der Waals surface area (Å²) in [5.41, 5.74) is -1.14. The van der Waals surface area contributed by atoms with Crippen LogP contribution in [0.1, 0.15) is 17.7 Å². The van der Waals surface area contributed by atoms with Gasteiger partial charge in [0.1, 0.15) is 5.69 Å². The Morgan fingerprint density at radius 3 is 2.69 bits per heavy atom. The minimum Gasteiger partial charge on any atom is -0.493 e. The van der Waals surface area contributed by atoms with Gasteiger partial charge in [0.05, 0.1) is 13.5 Å². The number of carbonyl (C=O) groups is 1. The molecular formula is C9H8F3NO3. The molecule has 1 rings (SSSR count). The van der Waals surface area contributed by atoms with Gasteiger partial charge in [0.2, 0.25) is 0 Å². The Hall–Kier alpha value is -1.79. The smallest absolute Gasteiger partial charge is 0.308 e. The van der Waals surface area contributed by atoms with Crippen LogP contribution in [0.5, 0.6) is 5.75 Å². The molecule has 7 heteroatoms. The lowest BCUT2D eigenvalue weighted by atomic mass is 10.1. The second-order valence-electron chi connectivity index (χ2n) is 2.89. The van der Waals surface area contributed by atoms with Crippen LogP contribution in [-0.2, 0) is 11.2 Å². The van der Waals surface area contributed by atoms with Gasteiger partial charge in [0.25, 0.3) is 6.43 Å². The van der Waals surface area contributed by atoms with E-state index in [4.69, 9.17) is 5.11 Å². The van der Waals surface area contributed by atoms with E-state index in [2.05, 4.69) is 9.72 Å². The van der Waals surface area contributed by atoms with Crippen molar-refractivity contribution in [2.24, 2.45) is 0 Å². The first-order valence-corrected chi connectivity index (χ1v) is 4.18. The third kappa shape index (κ3) is 2.41. The predicted molar refractivity (Wildman–Crippen MR) is 47.0 cm³/mol. The maximum absolute atomic E-state index is 13.4. The van der Waals surface area contributed by atoms with Crippen LogP contribution >= 0.6 is 0 Å². The minimum atomic E-state index is -3.08. The number of halogens is 3. The van der Waals surface area contributed by atoms with Crippen LogP contribution in [0.25, 0.3) is 0 Å². The van der Waals surface area contributed by atoms with Gasteiger partial charge in [-0.15, -0.1) is 0 Å². The van der Waals surface area contributed by atoms with E-state index in [-0.39, 0.29) is 5.56 Å². The van der Waals surface area contributed by atoms with E-state index in [0.717, 1.165) is 13.3 Å². The lowest BCUT2D eigenvalue weighted by Gasteiger charge is -2.10. The zero-order chi connectivity index (χ0) is 12.3. The molecule has 1 aromatic rings. The van der Waals surface area contributed by atoms with Crippen molar-refractivity contribution in [1.82, 2.24) is 4.98 Å². The SMILES string of the molecule is COc1c(CC(=O)O)cnc(C(F)F)c1F. The number of hydrogen-bond donors (Lipinski definition) is 1. The Morgan fingerprint density at radius 2 is 2.25 bits per heavy atom. The fraction of sp³-hybridized carbons (Fsp3) is 0.333. The Morgan fingerprint density at radius 1 is 1.62 bits per heavy atom. The number of aromatic nitrogens is 1. The number of hydrogen-bond acceptors (Lipinski definition) is 3. The number of pyridine rings is 1. The van der Waals surface area contributed by atoms with Crippen molar-refractivity contribution in [3.05, 3.63) is 23.3 Å². The number of aliphatic carboxylic acids is 1. The molecule has 0 saturated heterocycles. The predicted octanol–water partition coefficient (Wildman–Crippen LogP) is 1.79. The maximum Gasteiger partial charge on any atom is 0.308 e. The number of rotatable bonds is 4. The van der Waals surface area contributed by atoms with Gasteiger partial charge >= 0.3 is 5.97 Å². The molecule has 0 aromatic carbocycles. The number of methoxy groups -OCH3 is 1. The molecule has 1 aromatic heterocycles. The second-order valence-corrected chi connectivity index (χ2v) is 2.89. The van der Waals surface area contributed by atoms with E-state index in [1.54, 1.807) is 0 Å². The van der Waals surface area contributed by atoms with E-state index in [0.29, 0.717) is 0 Å². The van der Waals surface area contributed by atoms with E-state index in [9.17, 15) is 18.0 Å². The van der Waals surface area contributed by atoms with E-state index < -0.39 is 36.1 Å². The Kier molecular flexibility index (Phi) is 3.70. The fourth-order valence-corrected chi connectivity index (χ4v) is 1.18. The van der Waals surface area contributed by atoms with Gasteiger partial charge in [-0.05, 0) is 0 Å². The van der Waals surface area contributed by atoms with E-state index >= 15 is 0 Å². The highest BCUT2D eigenvalue weighted by Gasteiger charge is 2.22. The molecule has 0 bridgehead atoms. The van der Waals surface area contributed by atoms with Crippen LogP contribution < -0.4 is 4.74 Å². The highest BCUT2D eigenvalue weighted by atomic mass is 19.3. The molecule has 0 saturated carbocycles. The van der Waals surface area contributed by atoms with Crippen molar-refractivity contribution in [3.63, 3.8) is 0 Å². The summed E-state index contributed by atoms with van der Waals surface area (Å²) < 4.78 is 42.5. The van der Waals surface area contributed by atoms with Gasteiger partial charge in [-0.25, -0.2) is 13.2 Å². The molecule has 0 aliphatic heterocycles. The van der Waals surface area contributed by atoms with Crippen molar-refractivity contribution < 1.29 is 27.8 Å². The molecular weight excluding hydrogens is 227 g/mol. The third-order valence-corrected chi connectivity index (χ3v) is 1.83. The van der Waals surface area contributed by atoms with Gasteiger partial charge in [-0.3, -0.25) is 9.78 Å². The molecule has 0 amide bonds. The van der Waals surface area contributed by atoms with E-state index in [1.165, 1.54) is 0 Å². The zero-order valence-electron chi connectivity index (χ0n) is 8.21. The summed E-state index contributed by atoms with van der Waals surface area (Å²) in [5, 5.41) is 8.50. The quantitative estimate of drug-likeness (QED) is 0.864. The van der Waals surface area contributed by atoms with Gasteiger partial charge in [-0.1, -0.05) is 0 Å². The van der Waals surface area contributed by atoms with Crippen molar-refractivity contribution in [2.45, 2.75) is 12.8 Å². The summed E-state index contributed by atoms with van der Waals surface area (Å²) in [5.74, 6) is -3.06. The number of nitrogens with zero attached hydrogens (tertiary/aromatic N) is 1. The van der Waals surface area contributed by atoms with Crippen LogP contribution in [0.2, 0.25) is 0 Å². The summed E-state index contributed by atoms with van der Waals surface area (Å²) in [6.45, 7) is 0. The number of carboxylic acids is 1. The maximum atomic E-state index is 13.4. The monoisotopic (exact) mass is 235 g/mol. The van der Waals surface area contributed by atoms with Crippen molar-refractivity contribution in [2.75, 3.05) is 7.11 Å². The molecule has 0 spiro atoms. The largest absolute Gasteiger partial charge is 0.493 e. The molecule has 0 unspecified atom stereocenters. The van der Waals surface area contributed by atoms with Crippen molar-refractivity contribution in [1.29, 1.82) is 0 Å². The molecule has 0 aliphatic carbocycles. The first kappa shape index (κ1) is 12.3. The molecule has 16 heavy (non-hydrogen) atoms. The standard InChI is InChI=1S/C9H8F3NO3/c1-16-8-4(2-5(14)15)3-13-7(6(8)10)9(11)12/h3,9H,2H2,1H3,(H,14,15). The lowest BCUT2D eigenvalue weighted by Crippen LogP contribution is -2.07. The van der Waals surface area contributed by atoms with Crippen LogP contribution in [0, 0.1) is 5.82 Å². The summed E-state index contributed by atoms with van der Waals surface area (Å²) in [6, 6.07) is 0. The first-order chi connectivity index (χ1) is 7.47. The molecule has 0 atom stereocenters. The van der Waals surface area contributed by atoms with Gasteiger partial charge in [0, 0.05) is 11.8 Å². The number of alkyl halides is 2. The van der Waals surface area contributed by atoms with Gasteiger partial charge in [-0.2, -0.15) is 0 Å². The van der Waals surface area contributed by atoms with Crippen LogP contribution in [0.3, 0.4) is 0 Å². The molecule has 1 heterocycles. The fourth-order valence-electron chi connectivity index (χ4n) is 1.18. The minimum absolute atomic E-state index is 0.0862. The Bertz CT molecular complexity index is 409. The summed E-state index contributed by atoms with van der Waals surface area (Å²) >= 11 is 0. The molecule has 4 nitrogen and oxygen atoms in total. The van der Waals surface area contributed by atoms with Crippen LogP contribution in [-0.4, -0.2) is 23.2 Å². The normalized spacial score (nSPS) is 10.6. The average molecular weight is 235 g/mol. The number of ether oxygens (including phenoxy) is 1. The lowest BCUT2D eigenvalue weighted by molar-refractivity contribution is -0.136. The van der Waals surface area contributed by atoms with E-state index in [1.807, 2.05) is 0 Å². The topological polar surface area (TPSA) is 59.4 Å². The molecule has 0 radical (unpaired) electrons. The Balaban J connectivity index is 3.23. The highest BCUT2D eigenvalue weighted by Crippen LogP contribution is 2.29. The summed E-state index contributed by atoms with van der Waals surface area (Å²) in [7, 11) is 1.07. The second kappa shape index (κ2) is 4.82. The molecule has 88 valence electrons. The zero-order valence-corrected chi connectivity index (χ0v) is 8.21. The van der Waals surface area contributed by atoms with Crippen molar-refractivity contribution in [3.8, 4) is 5.75 Å². The summed E-state index contributed by atoms with van der Waals surface area (Å²) in [4.78, 5) is 13.6. The number of carboxylic acid groups (broad SMARTS) is 1. The molecule has 1 N–H and O–H groups in total. The van der Waals surface area contributed by atoms with Crippen LogP contribution in [0.4, 0.5) is 13.2 Å². The molecule has 0 aliphatic rings. The van der Waals surface area contributed by atoms with Crippen LogP contribution in [0.15, 0.2) is 6.20 Å². The van der Waals surface area contributed by atoms with Gasteiger partial charge < -0.3 is 9.84 Å². The summed E-state index contributed by atoms with van der Waals surface area (Å²) in [6.07, 6.45) is -2.75. The highest BCUT2D eigenvalue weighted by molar-refractivity contribution is 5.71. The van der Waals surface area contributed by atoms with Crippen molar-refractivity contribution >= 4 is 5.97 Å². The first-order valence-electron chi connectivity index (χ1n) is 4.18. The van der Waals surface area contributed by atoms with Gasteiger partial charge in [0.15, 0.2) is 11.6 Å². The average Bonchev–Trinajstić information content (AvgIpc) is 2.16.